The Kier molecular flexibility index (Phi) is 6.14. The third-order valence-corrected chi connectivity index (χ3v) is 4.74. The molecule has 0 saturated carbocycles. The topological polar surface area (TPSA) is 88.4 Å². The highest BCUT2D eigenvalue weighted by atomic mass is 16.6. The number of amides is 1. The van der Waals surface area contributed by atoms with Crippen LogP contribution in [0.25, 0.3) is 6.08 Å². The number of piperidine rings is 1. The van der Waals surface area contributed by atoms with Gasteiger partial charge in [-0.1, -0.05) is 0 Å². The first kappa shape index (κ1) is 18.6. The van der Waals surface area contributed by atoms with Gasteiger partial charge in [0.1, 0.15) is 0 Å². The molecule has 1 amide bonds. The highest BCUT2D eigenvalue weighted by molar-refractivity contribution is 5.91. The van der Waals surface area contributed by atoms with Gasteiger partial charge in [0.2, 0.25) is 5.91 Å². The van der Waals surface area contributed by atoms with Crippen LogP contribution in [0.4, 0.5) is 11.4 Å². The van der Waals surface area contributed by atoms with E-state index in [2.05, 4.69) is 15.2 Å². The first-order valence-corrected chi connectivity index (χ1v) is 8.97. The quantitative estimate of drug-likeness (QED) is 0.482. The minimum absolute atomic E-state index is 0.0368. The van der Waals surface area contributed by atoms with Crippen molar-refractivity contribution in [1.29, 1.82) is 0 Å². The summed E-state index contributed by atoms with van der Waals surface area (Å²) in [5, 5.41) is 13.6. The van der Waals surface area contributed by atoms with Crippen LogP contribution in [0, 0.1) is 16.0 Å². The molecule has 2 aromatic rings. The number of nitro groups is 1. The van der Waals surface area contributed by atoms with E-state index >= 15 is 0 Å². The Morgan fingerprint density at radius 1 is 1.19 bits per heavy atom. The Labute approximate surface area is 157 Å². The van der Waals surface area contributed by atoms with Gasteiger partial charge >= 0.3 is 0 Å². The number of non-ortho nitro benzene ring substituents is 1. The lowest BCUT2D eigenvalue weighted by atomic mass is 9.96. The van der Waals surface area contributed by atoms with E-state index in [1.54, 1.807) is 30.6 Å². The van der Waals surface area contributed by atoms with Crippen molar-refractivity contribution in [3.8, 4) is 0 Å². The van der Waals surface area contributed by atoms with Crippen LogP contribution in [-0.2, 0) is 4.79 Å². The molecule has 1 aromatic heterocycles. The minimum Gasteiger partial charge on any atom is -0.371 e. The van der Waals surface area contributed by atoms with Gasteiger partial charge < -0.3 is 10.2 Å². The van der Waals surface area contributed by atoms with Crippen molar-refractivity contribution in [3.63, 3.8) is 0 Å². The number of hydrogen-bond acceptors (Lipinski definition) is 5. The maximum absolute atomic E-state index is 12.0. The summed E-state index contributed by atoms with van der Waals surface area (Å²) in [5.74, 6) is 0.324. The maximum atomic E-state index is 12.0. The number of nitrogens with one attached hydrogen (secondary N) is 1. The number of hydrogen-bond donors (Lipinski definition) is 1. The monoisotopic (exact) mass is 366 g/mol. The first-order valence-electron chi connectivity index (χ1n) is 8.97. The second-order valence-corrected chi connectivity index (χ2v) is 6.56. The number of rotatable bonds is 6. The molecule has 7 nitrogen and oxygen atoms in total. The van der Waals surface area contributed by atoms with E-state index in [0.717, 1.165) is 31.5 Å². The molecule has 27 heavy (non-hydrogen) atoms. The fraction of sp³-hybridized carbons (Fsp3) is 0.300. The third-order valence-electron chi connectivity index (χ3n) is 4.74. The fourth-order valence-electron chi connectivity index (χ4n) is 3.13. The molecule has 7 heteroatoms. The highest BCUT2D eigenvalue weighted by Gasteiger charge is 2.19. The van der Waals surface area contributed by atoms with Crippen LogP contribution in [0.5, 0.6) is 0 Å². The molecule has 2 heterocycles. The number of anilines is 1. The highest BCUT2D eigenvalue weighted by Crippen LogP contribution is 2.22. The molecule has 0 unspecified atom stereocenters. The van der Waals surface area contributed by atoms with Crippen LogP contribution < -0.4 is 10.2 Å². The summed E-state index contributed by atoms with van der Waals surface area (Å²) in [6.45, 7) is 2.61. The van der Waals surface area contributed by atoms with Gasteiger partial charge in [0.25, 0.3) is 5.69 Å². The second-order valence-electron chi connectivity index (χ2n) is 6.56. The molecule has 1 saturated heterocycles. The molecular formula is C20H22N4O3. The zero-order chi connectivity index (χ0) is 19.1. The number of aromatic nitrogens is 1. The Morgan fingerprint density at radius 3 is 2.48 bits per heavy atom. The van der Waals surface area contributed by atoms with Crippen molar-refractivity contribution in [2.45, 2.75) is 12.8 Å². The summed E-state index contributed by atoms with van der Waals surface area (Å²) in [7, 11) is 0. The Balaban J connectivity index is 1.41. The molecule has 1 aliphatic heterocycles. The third kappa shape index (κ3) is 5.37. The Bertz CT molecular complexity index is 798. The van der Waals surface area contributed by atoms with Crippen LogP contribution in [0.2, 0.25) is 0 Å². The first-order chi connectivity index (χ1) is 13.1. The van der Waals surface area contributed by atoms with Crippen LogP contribution >= 0.6 is 0 Å². The van der Waals surface area contributed by atoms with E-state index in [-0.39, 0.29) is 11.6 Å². The van der Waals surface area contributed by atoms with E-state index < -0.39 is 4.92 Å². The van der Waals surface area contributed by atoms with Crippen LogP contribution in [0.1, 0.15) is 18.4 Å². The van der Waals surface area contributed by atoms with Crippen molar-refractivity contribution in [2.24, 2.45) is 5.92 Å². The molecule has 0 radical (unpaired) electrons. The molecule has 0 atom stereocenters. The molecule has 0 aliphatic carbocycles. The number of pyridine rings is 1. The summed E-state index contributed by atoms with van der Waals surface area (Å²) in [5.41, 5.74) is 1.98. The normalized spacial score (nSPS) is 15.0. The Hall–Kier alpha value is -3.22. The van der Waals surface area contributed by atoms with Crippen molar-refractivity contribution in [2.75, 3.05) is 24.5 Å². The number of nitrogens with zero attached hydrogens (tertiary/aromatic N) is 3. The lowest BCUT2D eigenvalue weighted by molar-refractivity contribution is -0.384. The van der Waals surface area contributed by atoms with Gasteiger partial charge in [-0.25, -0.2) is 0 Å². The number of carbonyl (C=O) groups excluding carboxylic acids is 1. The number of nitro benzene ring substituents is 1. The molecule has 1 N–H and O–H groups in total. The van der Waals surface area contributed by atoms with Gasteiger partial charge in [0, 0.05) is 55.9 Å². The molecule has 1 fully saturated rings. The average Bonchev–Trinajstić information content (AvgIpc) is 2.72. The predicted octanol–water partition coefficient (Wildman–Crippen LogP) is 3.04. The van der Waals surface area contributed by atoms with Gasteiger partial charge in [-0.2, -0.15) is 0 Å². The van der Waals surface area contributed by atoms with E-state index in [1.165, 1.54) is 23.9 Å². The van der Waals surface area contributed by atoms with Crippen molar-refractivity contribution in [1.82, 2.24) is 10.3 Å². The van der Waals surface area contributed by atoms with E-state index in [4.69, 9.17) is 0 Å². The standard InChI is InChI=1S/C20H22N4O3/c25-20(6-3-16-1-4-19(5-2-16)24(26)27)22-15-17-9-13-23(14-10-17)18-7-11-21-12-8-18/h1-8,11-12,17H,9-10,13-15H2,(H,22,25)/b6-3+. The molecule has 3 rings (SSSR count). The summed E-state index contributed by atoms with van der Waals surface area (Å²) >= 11 is 0. The van der Waals surface area contributed by atoms with E-state index in [1.807, 2.05) is 12.1 Å². The number of benzene rings is 1. The molecule has 0 bridgehead atoms. The molecule has 1 aliphatic rings. The fourth-order valence-corrected chi connectivity index (χ4v) is 3.13. The van der Waals surface area contributed by atoms with Gasteiger partial charge in [-0.15, -0.1) is 0 Å². The lowest BCUT2D eigenvalue weighted by Gasteiger charge is -2.33. The minimum atomic E-state index is -0.444. The van der Waals surface area contributed by atoms with Crippen LogP contribution in [0.3, 0.4) is 0 Å². The average molecular weight is 366 g/mol. The largest absolute Gasteiger partial charge is 0.371 e. The van der Waals surface area contributed by atoms with Gasteiger partial charge in [0.05, 0.1) is 4.92 Å². The smallest absolute Gasteiger partial charge is 0.269 e. The van der Waals surface area contributed by atoms with Gasteiger partial charge in [-0.3, -0.25) is 19.9 Å². The summed E-state index contributed by atoms with van der Waals surface area (Å²) < 4.78 is 0. The lowest BCUT2D eigenvalue weighted by Crippen LogP contribution is -2.38. The maximum Gasteiger partial charge on any atom is 0.269 e. The second kappa shape index (κ2) is 8.93. The van der Waals surface area contributed by atoms with Crippen LogP contribution in [0.15, 0.2) is 54.9 Å². The van der Waals surface area contributed by atoms with Crippen molar-refractivity contribution >= 4 is 23.4 Å². The SMILES string of the molecule is O=C(/C=C/c1ccc([N+](=O)[O-])cc1)NCC1CCN(c2ccncc2)CC1. The van der Waals surface area contributed by atoms with E-state index in [9.17, 15) is 14.9 Å². The number of carbonyl (C=O) groups is 1. The zero-order valence-corrected chi connectivity index (χ0v) is 15.0. The molecule has 140 valence electrons. The summed E-state index contributed by atoms with van der Waals surface area (Å²) in [6.07, 6.45) is 8.81. The van der Waals surface area contributed by atoms with E-state index in [0.29, 0.717) is 12.5 Å². The zero-order valence-electron chi connectivity index (χ0n) is 15.0. The molecular weight excluding hydrogens is 344 g/mol. The summed E-state index contributed by atoms with van der Waals surface area (Å²) in [6, 6.07) is 10.1. The molecule has 1 aromatic carbocycles. The van der Waals surface area contributed by atoms with Crippen molar-refractivity contribution in [3.05, 3.63) is 70.5 Å². The van der Waals surface area contributed by atoms with Gasteiger partial charge in [0.15, 0.2) is 0 Å². The van der Waals surface area contributed by atoms with Crippen molar-refractivity contribution < 1.29 is 9.72 Å². The van der Waals surface area contributed by atoms with Gasteiger partial charge in [-0.05, 0) is 54.7 Å². The Morgan fingerprint density at radius 2 is 1.85 bits per heavy atom. The van der Waals surface area contributed by atoms with Crippen LogP contribution in [-0.4, -0.2) is 35.4 Å². The predicted molar refractivity (Wildman–Crippen MR) is 104 cm³/mol. The summed E-state index contributed by atoms with van der Waals surface area (Å²) in [4.78, 5) is 28.6. The molecule has 0 spiro atoms.